The number of hydrogen-bond donors (Lipinski definition) is 3. The van der Waals surface area contributed by atoms with E-state index in [4.69, 9.17) is 4.74 Å². The highest BCUT2D eigenvalue weighted by Gasteiger charge is 2.52. The molecule has 2 aromatic rings. The second-order valence-electron chi connectivity index (χ2n) is 12.0. The summed E-state index contributed by atoms with van der Waals surface area (Å²) in [6.07, 6.45) is 5.29. The van der Waals surface area contributed by atoms with Crippen LogP contribution in [0.1, 0.15) is 66.4 Å². The molecule has 226 valence electrons. The number of morpholine rings is 1. The second kappa shape index (κ2) is 14.4. The molecule has 2 aromatic carbocycles. The van der Waals surface area contributed by atoms with Gasteiger partial charge < -0.3 is 20.5 Å². The maximum atomic E-state index is 14.4. The van der Waals surface area contributed by atoms with Crippen molar-refractivity contribution in [1.29, 1.82) is 0 Å². The molecule has 5 rings (SSSR count). The standard InChI is InChI=1S/C33H44N4O5/c38-30(27-15-13-26(14-16-27)24-36-17-21-42-22-18-36)35-29(23-25-9-3-1-4-10-25)32(40)37(19-7-8-20-37)33(41)31(39)34-28-11-5-2-6-12-28/h1,3-4,9-10,13-16,28-29,33,41H,2,5-8,11-12,17-24H2,(H-,34,35,38,39)/p+1. The number of ether oxygens (including phenoxy) is 1. The van der Waals surface area contributed by atoms with E-state index < -0.39 is 18.2 Å². The number of nitrogens with zero attached hydrogens (tertiary/aromatic N) is 2. The maximum Gasteiger partial charge on any atom is 0.339 e. The maximum absolute atomic E-state index is 14.4. The van der Waals surface area contributed by atoms with Crippen LogP contribution in [0.5, 0.6) is 0 Å². The molecule has 3 amide bonds. The minimum absolute atomic E-state index is 0.0321. The summed E-state index contributed by atoms with van der Waals surface area (Å²) in [7, 11) is 0. The summed E-state index contributed by atoms with van der Waals surface area (Å²) in [5.41, 5.74) is 2.48. The fourth-order valence-corrected chi connectivity index (χ4v) is 6.61. The Hall–Kier alpha value is -3.11. The van der Waals surface area contributed by atoms with E-state index in [-0.39, 0.29) is 28.8 Å². The molecule has 3 aliphatic rings. The fraction of sp³-hybridized carbons (Fsp3) is 0.545. The molecule has 0 spiro atoms. The van der Waals surface area contributed by atoms with Crippen LogP contribution in [0, 0.1) is 0 Å². The van der Waals surface area contributed by atoms with Crippen LogP contribution in [0.25, 0.3) is 0 Å². The van der Waals surface area contributed by atoms with Gasteiger partial charge in [0.25, 0.3) is 12.1 Å². The average molecular weight is 578 g/mol. The van der Waals surface area contributed by atoms with Gasteiger partial charge in [-0.3, -0.25) is 14.5 Å². The van der Waals surface area contributed by atoms with E-state index in [1.807, 2.05) is 42.5 Å². The number of amides is 3. The smallest absolute Gasteiger partial charge is 0.339 e. The lowest BCUT2D eigenvalue weighted by molar-refractivity contribution is -0.881. The number of carbonyl (C=O) groups is 3. The molecule has 2 saturated heterocycles. The average Bonchev–Trinajstić information content (AvgIpc) is 3.53. The Labute approximate surface area is 248 Å². The Morgan fingerprint density at radius 3 is 2.21 bits per heavy atom. The molecule has 42 heavy (non-hydrogen) atoms. The van der Waals surface area contributed by atoms with Gasteiger partial charge >= 0.3 is 11.8 Å². The Bertz CT molecular complexity index is 1190. The summed E-state index contributed by atoms with van der Waals surface area (Å²) >= 11 is 0. The molecule has 1 aliphatic carbocycles. The molecule has 2 heterocycles. The Morgan fingerprint density at radius 1 is 0.881 bits per heavy atom. The van der Waals surface area contributed by atoms with Gasteiger partial charge in [-0.25, -0.2) is 9.28 Å². The first kappa shape index (κ1) is 30.4. The van der Waals surface area contributed by atoms with E-state index in [2.05, 4.69) is 15.5 Å². The molecule has 3 fully saturated rings. The van der Waals surface area contributed by atoms with Gasteiger partial charge in [0, 0.05) is 50.5 Å². The predicted octanol–water partition coefficient (Wildman–Crippen LogP) is 2.76. The first-order chi connectivity index (χ1) is 20.4. The summed E-state index contributed by atoms with van der Waals surface area (Å²) in [5.74, 6) is -1.15. The van der Waals surface area contributed by atoms with Gasteiger partial charge in [-0.1, -0.05) is 61.7 Å². The number of benzene rings is 2. The summed E-state index contributed by atoms with van der Waals surface area (Å²) < 4.78 is 5.08. The molecule has 2 unspecified atom stereocenters. The van der Waals surface area contributed by atoms with E-state index in [0.29, 0.717) is 18.7 Å². The molecular formula is C33H45N4O5+. The third-order valence-corrected chi connectivity index (χ3v) is 9.07. The van der Waals surface area contributed by atoms with Crippen LogP contribution in [0.3, 0.4) is 0 Å². The van der Waals surface area contributed by atoms with Crippen LogP contribution >= 0.6 is 0 Å². The van der Waals surface area contributed by atoms with Crippen molar-refractivity contribution in [3.8, 4) is 0 Å². The molecule has 2 aliphatic heterocycles. The highest BCUT2D eigenvalue weighted by molar-refractivity contribution is 5.97. The molecule has 9 heteroatoms. The Balaban J connectivity index is 1.32. The van der Waals surface area contributed by atoms with Gasteiger partial charge in [0.2, 0.25) is 0 Å². The van der Waals surface area contributed by atoms with E-state index in [1.54, 1.807) is 12.1 Å². The van der Waals surface area contributed by atoms with Crippen molar-refractivity contribution in [2.24, 2.45) is 0 Å². The molecule has 1 saturated carbocycles. The summed E-state index contributed by atoms with van der Waals surface area (Å²) in [5, 5.41) is 17.4. The van der Waals surface area contributed by atoms with Crippen molar-refractivity contribution >= 4 is 17.7 Å². The third kappa shape index (κ3) is 7.45. The molecule has 9 nitrogen and oxygen atoms in total. The monoisotopic (exact) mass is 577 g/mol. The van der Waals surface area contributed by atoms with Crippen molar-refractivity contribution in [3.63, 3.8) is 0 Å². The lowest BCUT2D eigenvalue weighted by atomic mass is 9.95. The predicted molar refractivity (Wildman–Crippen MR) is 159 cm³/mol. The molecule has 0 bridgehead atoms. The highest BCUT2D eigenvalue weighted by Crippen LogP contribution is 2.27. The minimum Gasteiger partial charge on any atom is -0.379 e. The SMILES string of the molecule is O=C(NC(Cc1ccccc1)C(=O)[N+]1(C(O)C(=O)NC2CCCCC2)CCCC1)c1ccc(CN2CCOCC2)cc1. The second-order valence-corrected chi connectivity index (χ2v) is 12.0. The number of quaternary nitrogens is 1. The number of rotatable bonds is 10. The number of nitrogens with one attached hydrogen (secondary N) is 2. The number of likely N-dealkylation sites (tertiary alicyclic amines) is 1. The van der Waals surface area contributed by atoms with Gasteiger partial charge in [-0.2, -0.15) is 0 Å². The van der Waals surface area contributed by atoms with Gasteiger partial charge in [-0.15, -0.1) is 0 Å². The lowest BCUT2D eigenvalue weighted by Gasteiger charge is -2.38. The summed E-state index contributed by atoms with van der Waals surface area (Å²) in [6.45, 7) is 4.76. The van der Waals surface area contributed by atoms with Crippen LogP contribution < -0.4 is 10.6 Å². The highest BCUT2D eigenvalue weighted by atomic mass is 16.5. The van der Waals surface area contributed by atoms with Gasteiger partial charge in [0.05, 0.1) is 26.3 Å². The Morgan fingerprint density at radius 2 is 1.55 bits per heavy atom. The quantitative estimate of drug-likeness (QED) is 0.375. The zero-order valence-corrected chi connectivity index (χ0v) is 24.5. The molecule has 3 N–H and O–H groups in total. The fourth-order valence-electron chi connectivity index (χ4n) is 6.61. The van der Waals surface area contributed by atoms with Gasteiger partial charge in [-0.05, 0) is 36.1 Å². The topological polar surface area (TPSA) is 108 Å². The first-order valence-corrected chi connectivity index (χ1v) is 15.6. The third-order valence-electron chi connectivity index (χ3n) is 9.07. The van der Waals surface area contributed by atoms with Gasteiger partial charge in [0.15, 0.2) is 0 Å². The number of aliphatic hydroxyl groups is 1. The molecular weight excluding hydrogens is 532 g/mol. The van der Waals surface area contributed by atoms with Crippen molar-refractivity contribution in [2.45, 2.75) is 76.2 Å². The van der Waals surface area contributed by atoms with E-state index in [0.717, 1.165) is 88.9 Å². The normalized spacial score (nSPS) is 20.9. The van der Waals surface area contributed by atoms with E-state index in [1.165, 1.54) is 0 Å². The molecule has 0 radical (unpaired) electrons. The zero-order chi connectivity index (χ0) is 29.4. The zero-order valence-electron chi connectivity index (χ0n) is 24.5. The van der Waals surface area contributed by atoms with Crippen LogP contribution in [0.4, 0.5) is 0 Å². The van der Waals surface area contributed by atoms with Crippen LogP contribution in [-0.2, 0) is 27.3 Å². The molecule has 0 aromatic heterocycles. The van der Waals surface area contributed by atoms with Crippen molar-refractivity contribution in [1.82, 2.24) is 15.5 Å². The van der Waals surface area contributed by atoms with Crippen molar-refractivity contribution < 1.29 is 28.7 Å². The lowest BCUT2D eigenvalue weighted by Crippen LogP contribution is -2.67. The van der Waals surface area contributed by atoms with E-state index in [9.17, 15) is 19.5 Å². The summed E-state index contributed by atoms with van der Waals surface area (Å²) in [4.78, 5) is 43.5. The van der Waals surface area contributed by atoms with Crippen LogP contribution in [-0.4, -0.2) is 89.9 Å². The van der Waals surface area contributed by atoms with Gasteiger partial charge in [0.1, 0.15) is 6.04 Å². The number of carbonyl (C=O) groups excluding carboxylic acids is 3. The first-order valence-electron chi connectivity index (χ1n) is 15.6. The number of hydrogen-bond acceptors (Lipinski definition) is 6. The largest absolute Gasteiger partial charge is 0.379 e. The van der Waals surface area contributed by atoms with E-state index >= 15 is 0 Å². The van der Waals surface area contributed by atoms with Crippen LogP contribution in [0.15, 0.2) is 54.6 Å². The summed E-state index contributed by atoms with van der Waals surface area (Å²) in [6, 6.07) is 16.2. The van der Waals surface area contributed by atoms with Crippen molar-refractivity contribution in [3.05, 3.63) is 71.3 Å². The minimum atomic E-state index is -1.50. The Kier molecular flexibility index (Phi) is 10.4. The molecule has 2 atom stereocenters. The van der Waals surface area contributed by atoms with Crippen LogP contribution in [0.2, 0.25) is 0 Å². The van der Waals surface area contributed by atoms with Crippen molar-refractivity contribution in [2.75, 3.05) is 39.4 Å². The number of aliphatic hydroxyl groups excluding tert-OH is 1.